The van der Waals surface area contributed by atoms with E-state index in [-0.39, 0.29) is 52.3 Å². The molecule has 0 fully saturated rings. The Labute approximate surface area is 202 Å². The van der Waals surface area contributed by atoms with Gasteiger partial charge in [-0.15, -0.1) is 14.0 Å². The van der Waals surface area contributed by atoms with Gasteiger partial charge < -0.3 is 0 Å². The van der Waals surface area contributed by atoms with Crippen LogP contribution in [0, 0.1) is 45.3 Å². The number of halogens is 4. The first kappa shape index (κ1) is 23.1. The lowest BCUT2D eigenvalue weighted by Crippen LogP contribution is -2.54. The van der Waals surface area contributed by atoms with Gasteiger partial charge in [-0.3, -0.25) is 0 Å². The summed E-state index contributed by atoms with van der Waals surface area (Å²) in [5.74, 6) is -4.15. The number of hydrogen-bond acceptors (Lipinski definition) is 3. The molecule has 3 heterocycles. The number of aryl methyl sites for hydroxylation is 2. The average molecular weight is 488 g/mol. The number of nitrogens with zero attached hydrogens (tertiary/aromatic N) is 4. The SMILES string of the molecule is C=C1[n+]2ccccc2-c2c(cc(F)c(C#N)c2F)CCc2cc(F)c(N=O)c(F)c2-c2cccc[n+]21. The molecule has 5 rings (SSSR count). The smallest absolute Gasteiger partial charge is 0.205 e. The highest BCUT2D eigenvalue weighted by atomic mass is 19.1. The molecule has 2 aromatic carbocycles. The van der Waals surface area contributed by atoms with Crippen LogP contribution in [0.5, 0.6) is 0 Å². The van der Waals surface area contributed by atoms with Crippen molar-refractivity contribution in [1.29, 1.82) is 5.26 Å². The minimum absolute atomic E-state index is 0.0247. The van der Waals surface area contributed by atoms with Crippen molar-refractivity contribution in [3.8, 4) is 28.6 Å². The molecule has 36 heavy (non-hydrogen) atoms. The van der Waals surface area contributed by atoms with Crippen LogP contribution in [0.3, 0.4) is 0 Å². The Kier molecular flexibility index (Phi) is 5.65. The van der Waals surface area contributed by atoms with Crippen LogP contribution in [0.2, 0.25) is 0 Å². The van der Waals surface area contributed by atoms with Gasteiger partial charge in [0.1, 0.15) is 17.4 Å². The highest BCUT2D eigenvalue weighted by molar-refractivity contribution is 5.69. The topological polar surface area (TPSA) is 61.0 Å². The molecule has 2 aromatic heterocycles. The number of rotatable bonds is 1. The van der Waals surface area contributed by atoms with E-state index < -0.39 is 34.5 Å². The van der Waals surface area contributed by atoms with Crippen LogP contribution >= 0.6 is 0 Å². The summed E-state index contributed by atoms with van der Waals surface area (Å²) in [7, 11) is 0. The van der Waals surface area contributed by atoms with Gasteiger partial charge in [0.15, 0.2) is 35.5 Å². The number of nitroso groups, excluding NO2 is 1. The summed E-state index contributed by atoms with van der Waals surface area (Å²) in [6.07, 6.45) is 3.12. The summed E-state index contributed by atoms with van der Waals surface area (Å²) in [5, 5.41) is 11.9. The van der Waals surface area contributed by atoms with Crippen molar-refractivity contribution < 1.29 is 26.7 Å². The summed E-state index contributed by atoms with van der Waals surface area (Å²) in [6, 6.07) is 13.4. The van der Waals surface area contributed by atoms with Gasteiger partial charge in [-0.1, -0.05) is 0 Å². The van der Waals surface area contributed by atoms with E-state index in [0.29, 0.717) is 0 Å². The molecule has 5 nitrogen and oxygen atoms in total. The van der Waals surface area contributed by atoms with E-state index in [1.54, 1.807) is 54.9 Å². The molecule has 4 aromatic rings. The third-order valence-electron chi connectivity index (χ3n) is 6.23. The summed E-state index contributed by atoms with van der Waals surface area (Å²) in [4.78, 5) is 11.2. The standard InChI is InChI=1S/C27H16F4N4O/c1-15-34-10-4-2-6-21(34)23-16(12-19(28)18(14-32)25(23)30)8-9-17-13-20(29)27(33-36)26(31)24(17)22-7-3-5-11-35(15)22/h2-7,10-13H,1,8-9H2/q+2. The van der Waals surface area contributed by atoms with Crippen molar-refractivity contribution in [2.45, 2.75) is 12.8 Å². The van der Waals surface area contributed by atoms with E-state index in [2.05, 4.69) is 11.8 Å². The number of nitriles is 1. The van der Waals surface area contributed by atoms with Crippen LogP contribution in [0.4, 0.5) is 23.2 Å². The van der Waals surface area contributed by atoms with Gasteiger partial charge in [-0.05, 0) is 53.4 Å². The minimum atomic E-state index is -1.15. The van der Waals surface area contributed by atoms with E-state index in [1.165, 1.54) is 9.13 Å². The highest BCUT2D eigenvalue weighted by Crippen LogP contribution is 2.36. The zero-order valence-electron chi connectivity index (χ0n) is 18.6. The fourth-order valence-electron chi connectivity index (χ4n) is 4.59. The molecule has 0 saturated heterocycles. The lowest BCUT2D eigenvalue weighted by Gasteiger charge is -2.12. The highest BCUT2D eigenvalue weighted by Gasteiger charge is 2.35. The molecule has 0 amide bonds. The Morgan fingerprint density at radius 1 is 0.833 bits per heavy atom. The molecule has 0 bridgehead atoms. The Bertz CT molecular complexity index is 1640. The minimum Gasteiger partial charge on any atom is -0.205 e. The third-order valence-corrected chi connectivity index (χ3v) is 6.23. The van der Waals surface area contributed by atoms with E-state index in [4.69, 9.17) is 0 Å². The zero-order valence-corrected chi connectivity index (χ0v) is 18.6. The molecule has 0 saturated carbocycles. The van der Waals surface area contributed by atoms with Gasteiger partial charge in [0.2, 0.25) is 11.4 Å². The molecule has 0 spiro atoms. The molecule has 0 N–H and O–H groups in total. The Hall–Kier alpha value is -4.71. The first-order valence-corrected chi connectivity index (χ1v) is 10.8. The Balaban J connectivity index is 1.93. The molecule has 0 atom stereocenters. The van der Waals surface area contributed by atoms with Crippen molar-refractivity contribution in [3.63, 3.8) is 0 Å². The number of hydrogen-bond donors (Lipinski definition) is 0. The molecular formula is C27H16F4N4O+2. The lowest BCUT2D eigenvalue weighted by atomic mass is 9.92. The van der Waals surface area contributed by atoms with Gasteiger partial charge in [0.25, 0.3) is 0 Å². The zero-order chi connectivity index (χ0) is 25.6. The van der Waals surface area contributed by atoms with E-state index in [9.17, 15) is 18.9 Å². The fourth-order valence-corrected chi connectivity index (χ4v) is 4.59. The van der Waals surface area contributed by atoms with Crippen LogP contribution < -0.4 is 9.13 Å². The van der Waals surface area contributed by atoms with Crippen LogP contribution in [0.25, 0.3) is 22.5 Å². The maximum absolute atomic E-state index is 15.6. The van der Waals surface area contributed by atoms with E-state index >= 15 is 8.78 Å². The van der Waals surface area contributed by atoms with Gasteiger partial charge in [0.05, 0.1) is 11.1 Å². The van der Waals surface area contributed by atoms with Crippen LogP contribution in [-0.2, 0) is 12.8 Å². The van der Waals surface area contributed by atoms with Crippen molar-refractivity contribution in [3.05, 3.63) is 118 Å². The van der Waals surface area contributed by atoms with Crippen molar-refractivity contribution in [2.75, 3.05) is 0 Å². The Morgan fingerprint density at radius 2 is 1.36 bits per heavy atom. The predicted octanol–water partition coefficient (Wildman–Crippen LogP) is 5.31. The largest absolute Gasteiger partial charge is 0.448 e. The summed E-state index contributed by atoms with van der Waals surface area (Å²) >= 11 is 0. The molecule has 0 aliphatic carbocycles. The molecule has 9 heteroatoms. The van der Waals surface area contributed by atoms with E-state index in [1.807, 2.05) is 0 Å². The molecule has 0 radical (unpaired) electrons. The van der Waals surface area contributed by atoms with Gasteiger partial charge in [-0.25, -0.2) is 17.6 Å². The second-order valence-corrected chi connectivity index (χ2v) is 8.17. The van der Waals surface area contributed by atoms with Crippen molar-refractivity contribution in [2.24, 2.45) is 5.18 Å². The molecular weight excluding hydrogens is 472 g/mol. The van der Waals surface area contributed by atoms with Gasteiger partial charge in [0, 0.05) is 30.8 Å². The summed E-state index contributed by atoms with van der Waals surface area (Å²) in [6.45, 7) is 4.11. The average Bonchev–Trinajstić information content (AvgIpc) is 2.88. The number of pyridine rings is 2. The summed E-state index contributed by atoms with van der Waals surface area (Å²) < 4.78 is 63.5. The van der Waals surface area contributed by atoms with Gasteiger partial charge >= 0.3 is 5.82 Å². The lowest BCUT2D eigenvalue weighted by molar-refractivity contribution is -0.825. The fraction of sp³-hybridized carbons (Fsp3) is 0.0741. The quantitative estimate of drug-likeness (QED) is 0.207. The Morgan fingerprint density at radius 3 is 1.89 bits per heavy atom. The first-order valence-electron chi connectivity index (χ1n) is 10.8. The first-order chi connectivity index (χ1) is 17.4. The second-order valence-electron chi connectivity index (χ2n) is 8.17. The normalized spacial score (nSPS) is 12.4. The number of benzene rings is 2. The van der Waals surface area contributed by atoms with Gasteiger partial charge in [-0.2, -0.15) is 5.26 Å². The molecule has 0 unspecified atom stereocenters. The van der Waals surface area contributed by atoms with Crippen molar-refractivity contribution >= 4 is 5.69 Å². The number of aromatic nitrogens is 2. The predicted molar refractivity (Wildman–Crippen MR) is 121 cm³/mol. The van der Waals surface area contributed by atoms with Crippen molar-refractivity contribution in [1.82, 2.24) is 0 Å². The van der Waals surface area contributed by atoms with Crippen LogP contribution in [0.1, 0.15) is 16.7 Å². The van der Waals surface area contributed by atoms with Crippen LogP contribution in [-0.4, -0.2) is 0 Å². The molecule has 176 valence electrons. The summed E-state index contributed by atoms with van der Waals surface area (Å²) in [5.41, 5.74) is -0.925. The molecule has 1 aliphatic heterocycles. The third kappa shape index (κ3) is 3.46. The maximum atomic E-state index is 15.6. The van der Waals surface area contributed by atoms with E-state index in [0.717, 1.165) is 12.1 Å². The van der Waals surface area contributed by atoms with Crippen LogP contribution in [0.15, 0.2) is 72.7 Å². The second kappa shape index (κ2) is 8.82. The monoisotopic (exact) mass is 488 g/mol. The number of fused-ring (bicyclic) bond motifs is 6. The molecule has 1 aliphatic rings. The maximum Gasteiger partial charge on any atom is 0.448 e.